The number of amides is 1. The lowest BCUT2D eigenvalue weighted by Gasteiger charge is -2.36. The smallest absolute Gasteiger partial charge is 0.260 e. The number of benzene rings is 3. The van der Waals surface area contributed by atoms with Gasteiger partial charge in [-0.2, -0.15) is 0 Å². The number of piperazine rings is 1. The molecule has 1 fully saturated rings. The molecule has 3 aromatic rings. The second-order valence-corrected chi connectivity index (χ2v) is 7.54. The van der Waals surface area contributed by atoms with E-state index in [1.807, 2.05) is 41.3 Å². The highest BCUT2D eigenvalue weighted by molar-refractivity contribution is 6.24. The van der Waals surface area contributed by atoms with Gasteiger partial charge in [0.05, 0.1) is 12.4 Å². The van der Waals surface area contributed by atoms with E-state index in [2.05, 4.69) is 21.9 Å². The van der Waals surface area contributed by atoms with E-state index >= 15 is 0 Å². The zero-order valence-electron chi connectivity index (χ0n) is 15.6. The Balaban J connectivity index is 1.26. The molecule has 0 unspecified atom stereocenters. The van der Waals surface area contributed by atoms with Gasteiger partial charge in [-0.25, -0.2) is 4.39 Å². The van der Waals surface area contributed by atoms with Crippen molar-refractivity contribution < 1.29 is 9.18 Å². The molecule has 0 aromatic heterocycles. The summed E-state index contributed by atoms with van der Waals surface area (Å²) in [7, 11) is 0. The maximum absolute atomic E-state index is 13.9. The van der Waals surface area contributed by atoms with Crippen LogP contribution >= 0.6 is 0 Å². The van der Waals surface area contributed by atoms with Crippen molar-refractivity contribution in [2.45, 2.75) is 6.54 Å². The molecule has 5 rings (SSSR count). The van der Waals surface area contributed by atoms with Crippen LogP contribution in [-0.4, -0.2) is 48.6 Å². The summed E-state index contributed by atoms with van der Waals surface area (Å²) < 4.78 is 13.9. The van der Waals surface area contributed by atoms with Gasteiger partial charge in [0, 0.05) is 49.2 Å². The van der Waals surface area contributed by atoms with E-state index < -0.39 is 0 Å². The third-order valence-electron chi connectivity index (χ3n) is 5.81. The topological polar surface area (TPSA) is 26.8 Å². The number of carbonyl (C=O) groups is 1. The van der Waals surface area contributed by atoms with Crippen molar-refractivity contribution in [3.05, 3.63) is 77.6 Å². The van der Waals surface area contributed by atoms with Crippen molar-refractivity contribution in [2.75, 3.05) is 37.7 Å². The Kier molecular flexibility index (Phi) is 4.34. The van der Waals surface area contributed by atoms with Crippen LogP contribution < -0.4 is 4.90 Å². The first kappa shape index (κ1) is 17.3. The van der Waals surface area contributed by atoms with Gasteiger partial charge >= 0.3 is 0 Å². The molecule has 1 amide bonds. The van der Waals surface area contributed by atoms with Gasteiger partial charge in [-0.1, -0.05) is 42.5 Å². The Hall–Kier alpha value is -2.76. The van der Waals surface area contributed by atoms with Crippen LogP contribution in [0, 0.1) is 5.82 Å². The molecule has 1 saturated heterocycles. The second-order valence-electron chi connectivity index (χ2n) is 7.54. The number of nitrogens with zero attached hydrogens (tertiary/aromatic N) is 3. The molecule has 2 aliphatic heterocycles. The first-order valence-electron chi connectivity index (χ1n) is 9.72. The zero-order valence-corrected chi connectivity index (χ0v) is 15.6. The van der Waals surface area contributed by atoms with Crippen molar-refractivity contribution in [1.82, 2.24) is 9.80 Å². The molecule has 28 heavy (non-hydrogen) atoms. The van der Waals surface area contributed by atoms with E-state index in [0.717, 1.165) is 53.8 Å². The van der Waals surface area contributed by atoms with Crippen LogP contribution in [0.4, 0.5) is 10.1 Å². The third-order valence-corrected chi connectivity index (χ3v) is 5.81. The molecule has 5 heteroatoms. The van der Waals surface area contributed by atoms with Crippen LogP contribution in [0.3, 0.4) is 0 Å². The standard InChI is InChI=1S/C23H22FN3O/c24-20-9-2-1-5-18(20)15-25-11-13-26(14-12-25)16-27-21-10-4-7-17-6-3-8-19(22(17)21)23(27)28/h1-10H,11-16H2. The first-order valence-corrected chi connectivity index (χ1v) is 9.72. The number of rotatable bonds is 4. The van der Waals surface area contributed by atoms with Crippen molar-refractivity contribution in [3.8, 4) is 0 Å². The predicted octanol–water partition coefficient (Wildman–Crippen LogP) is 3.71. The van der Waals surface area contributed by atoms with Crippen molar-refractivity contribution in [3.63, 3.8) is 0 Å². The first-order chi connectivity index (χ1) is 13.7. The molecule has 2 heterocycles. The number of carbonyl (C=O) groups excluding carboxylic acids is 1. The number of anilines is 1. The second kappa shape index (κ2) is 7.00. The lowest BCUT2D eigenvalue weighted by Crippen LogP contribution is -2.50. The van der Waals surface area contributed by atoms with Crippen LogP contribution in [0.5, 0.6) is 0 Å². The SMILES string of the molecule is O=C1c2cccc3cccc(c23)N1CN1CCN(Cc2ccccc2F)CC1. The molecular weight excluding hydrogens is 353 g/mol. The highest BCUT2D eigenvalue weighted by atomic mass is 19.1. The highest BCUT2D eigenvalue weighted by Crippen LogP contribution is 2.37. The molecule has 0 aliphatic carbocycles. The highest BCUT2D eigenvalue weighted by Gasteiger charge is 2.31. The van der Waals surface area contributed by atoms with E-state index in [1.54, 1.807) is 6.07 Å². The Morgan fingerprint density at radius 2 is 1.54 bits per heavy atom. The molecule has 0 atom stereocenters. The molecule has 0 N–H and O–H groups in total. The predicted molar refractivity (Wildman–Crippen MR) is 109 cm³/mol. The molecule has 4 nitrogen and oxygen atoms in total. The normalized spacial score (nSPS) is 17.6. The van der Waals surface area contributed by atoms with Gasteiger partial charge in [0.2, 0.25) is 0 Å². The van der Waals surface area contributed by atoms with Crippen LogP contribution in [0.2, 0.25) is 0 Å². The van der Waals surface area contributed by atoms with Gasteiger partial charge in [0.25, 0.3) is 5.91 Å². The summed E-state index contributed by atoms with van der Waals surface area (Å²) in [5.74, 6) is -0.0564. The number of hydrogen-bond acceptors (Lipinski definition) is 3. The molecule has 0 saturated carbocycles. The van der Waals surface area contributed by atoms with Crippen molar-refractivity contribution in [2.24, 2.45) is 0 Å². The molecule has 142 valence electrons. The van der Waals surface area contributed by atoms with E-state index in [0.29, 0.717) is 13.2 Å². The van der Waals surface area contributed by atoms with E-state index in [9.17, 15) is 9.18 Å². The Morgan fingerprint density at radius 3 is 2.32 bits per heavy atom. The van der Waals surface area contributed by atoms with Crippen LogP contribution in [0.15, 0.2) is 60.7 Å². The van der Waals surface area contributed by atoms with Crippen molar-refractivity contribution >= 4 is 22.4 Å². The molecular formula is C23H22FN3O. The number of halogens is 1. The summed E-state index contributed by atoms with van der Waals surface area (Å²) in [5, 5.41) is 2.17. The molecule has 2 aliphatic rings. The average molecular weight is 375 g/mol. The van der Waals surface area contributed by atoms with Crippen LogP contribution in [0.25, 0.3) is 10.8 Å². The third kappa shape index (κ3) is 2.97. The minimum Gasteiger partial charge on any atom is -0.296 e. The zero-order chi connectivity index (χ0) is 19.1. The summed E-state index contributed by atoms with van der Waals surface area (Å²) in [6.07, 6.45) is 0. The van der Waals surface area contributed by atoms with E-state index in [1.165, 1.54) is 6.07 Å². The Labute approximate surface area is 163 Å². The molecule has 0 spiro atoms. The monoisotopic (exact) mass is 375 g/mol. The maximum Gasteiger partial charge on any atom is 0.260 e. The van der Waals surface area contributed by atoms with Crippen LogP contribution in [0.1, 0.15) is 15.9 Å². The van der Waals surface area contributed by atoms with Crippen LogP contribution in [-0.2, 0) is 6.54 Å². The molecule has 0 radical (unpaired) electrons. The van der Waals surface area contributed by atoms with Gasteiger partial charge in [-0.3, -0.25) is 19.5 Å². The summed E-state index contributed by atoms with van der Waals surface area (Å²) in [6.45, 7) is 4.70. The van der Waals surface area contributed by atoms with Gasteiger partial charge in [0.1, 0.15) is 5.82 Å². The average Bonchev–Trinajstić information content (AvgIpc) is 2.99. The summed E-state index contributed by atoms with van der Waals surface area (Å²) in [4.78, 5) is 19.4. The fourth-order valence-corrected chi connectivity index (χ4v) is 4.28. The molecule has 0 bridgehead atoms. The maximum atomic E-state index is 13.9. The quantitative estimate of drug-likeness (QED) is 0.696. The van der Waals surface area contributed by atoms with Crippen molar-refractivity contribution in [1.29, 1.82) is 0 Å². The Bertz CT molecular complexity index is 1040. The summed E-state index contributed by atoms with van der Waals surface area (Å²) in [5.41, 5.74) is 2.55. The van der Waals surface area contributed by atoms with E-state index in [4.69, 9.17) is 0 Å². The van der Waals surface area contributed by atoms with E-state index in [-0.39, 0.29) is 11.7 Å². The lowest BCUT2D eigenvalue weighted by atomic mass is 10.1. The minimum absolute atomic E-state index is 0.0839. The summed E-state index contributed by atoms with van der Waals surface area (Å²) in [6, 6.07) is 19.0. The Morgan fingerprint density at radius 1 is 0.821 bits per heavy atom. The van der Waals surface area contributed by atoms with Gasteiger partial charge in [-0.05, 0) is 23.6 Å². The largest absolute Gasteiger partial charge is 0.296 e. The fraction of sp³-hybridized carbons (Fsp3) is 0.261. The summed E-state index contributed by atoms with van der Waals surface area (Å²) >= 11 is 0. The van der Waals surface area contributed by atoms with Gasteiger partial charge in [-0.15, -0.1) is 0 Å². The molecule has 3 aromatic carbocycles. The fourth-order valence-electron chi connectivity index (χ4n) is 4.28. The lowest BCUT2D eigenvalue weighted by molar-refractivity contribution is 0.0933. The number of hydrogen-bond donors (Lipinski definition) is 0. The van der Waals surface area contributed by atoms with Gasteiger partial charge in [0.15, 0.2) is 0 Å². The van der Waals surface area contributed by atoms with Gasteiger partial charge < -0.3 is 0 Å². The minimum atomic E-state index is -0.140.